The Kier molecular flexibility index (Phi) is 5.76. The van der Waals surface area contributed by atoms with Crippen LogP contribution in [0.5, 0.6) is 0 Å². The highest BCUT2D eigenvalue weighted by molar-refractivity contribution is 6.01. The predicted molar refractivity (Wildman–Crippen MR) is 89.9 cm³/mol. The molecule has 7 heteroatoms. The minimum absolute atomic E-state index is 0.0362. The number of Topliss-reactive ketones (excluding diaryl/α,β-unsaturated/α-hetero) is 1. The molecule has 0 radical (unpaired) electrons. The molecule has 1 aromatic heterocycles. The average molecular weight is 322 g/mol. The van der Waals surface area contributed by atoms with E-state index in [-0.39, 0.29) is 23.7 Å². The van der Waals surface area contributed by atoms with Gasteiger partial charge in [0.15, 0.2) is 5.78 Å². The summed E-state index contributed by atoms with van der Waals surface area (Å²) < 4.78 is 1.21. The smallest absolute Gasteiger partial charge is 0.329 e. The Morgan fingerprint density at radius 1 is 1.26 bits per heavy atom. The van der Waals surface area contributed by atoms with E-state index >= 15 is 0 Å². The van der Waals surface area contributed by atoms with Crippen LogP contribution in [0.25, 0.3) is 0 Å². The van der Waals surface area contributed by atoms with E-state index in [1.54, 1.807) is 6.92 Å². The van der Waals surface area contributed by atoms with E-state index in [2.05, 4.69) is 9.88 Å². The fourth-order valence-corrected chi connectivity index (χ4v) is 3.38. The number of aromatic amines is 1. The van der Waals surface area contributed by atoms with Gasteiger partial charge in [0.2, 0.25) is 0 Å². The number of nitrogens with one attached hydrogen (secondary N) is 1. The van der Waals surface area contributed by atoms with Gasteiger partial charge < -0.3 is 5.73 Å². The van der Waals surface area contributed by atoms with Crippen LogP contribution >= 0.6 is 0 Å². The lowest BCUT2D eigenvalue weighted by molar-refractivity contribution is 0.0867. The lowest BCUT2D eigenvalue weighted by atomic mass is 9.94. The third kappa shape index (κ3) is 3.72. The van der Waals surface area contributed by atoms with Crippen LogP contribution in [0.15, 0.2) is 9.59 Å². The van der Waals surface area contributed by atoms with Crippen molar-refractivity contribution in [2.45, 2.75) is 58.5 Å². The summed E-state index contributed by atoms with van der Waals surface area (Å²) in [6, 6.07) is 0.384. The molecule has 23 heavy (non-hydrogen) atoms. The minimum Gasteiger partial charge on any atom is -0.384 e. The molecule has 1 aliphatic rings. The molecule has 7 nitrogen and oxygen atoms in total. The minimum atomic E-state index is -0.693. The molecule has 128 valence electrons. The summed E-state index contributed by atoms with van der Waals surface area (Å²) in [4.78, 5) is 40.6. The first-order valence-electron chi connectivity index (χ1n) is 8.39. The van der Waals surface area contributed by atoms with E-state index < -0.39 is 11.2 Å². The van der Waals surface area contributed by atoms with Crippen LogP contribution in [0.3, 0.4) is 0 Å². The summed E-state index contributed by atoms with van der Waals surface area (Å²) in [5.41, 5.74) is 4.53. The molecule has 0 spiro atoms. The third-order valence-corrected chi connectivity index (χ3v) is 4.68. The summed E-state index contributed by atoms with van der Waals surface area (Å²) >= 11 is 0. The zero-order valence-corrected chi connectivity index (χ0v) is 13.9. The van der Waals surface area contributed by atoms with E-state index in [1.165, 1.54) is 23.8 Å². The average Bonchev–Trinajstić information content (AvgIpc) is 2.53. The topological polar surface area (TPSA) is 101 Å². The van der Waals surface area contributed by atoms with Crippen molar-refractivity contribution < 1.29 is 4.79 Å². The normalized spacial score (nSPS) is 16.0. The van der Waals surface area contributed by atoms with Crippen molar-refractivity contribution in [1.82, 2.24) is 14.5 Å². The quantitative estimate of drug-likeness (QED) is 0.760. The molecule has 0 aromatic carbocycles. The van der Waals surface area contributed by atoms with E-state index in [1.807, 2.05) is 6.92 Å². The van der Waals surface area contributed by atoms with E-state index in [0.717, 1.165) is 19.4 Å². The summed E-state index contributed by atoms with van der Waals surface area (Å²) in [5.74, 6) is -0.357. The summed E-state index contributed by atoms with van der Waals surface area (Å²) in [6.45, 7) is 4.98. The number of ketones is 1. The predicted octanol–water partition coefficient (Wildman–Crippen LogP) is 0.976. The number of nitrogen functional groups attached to an aromatic ring is 1. The highest BCUT2D eigenvalue weighted by Crippen LogP contribution is 2.22. The van der Waals surface area contributed by atoms with Gasteiger partial charge in [0.25, 0.3) is 5.56 Å². The Balaban J connectivity index is 2.26. The number of aromatic nitrogens is 2. The van der Waals surface area contributed by atoms with Crippen LogP contribution in [0.4, 0.5) is 5.82 Å². The first-order chi connectivity index (χ1) is 11.0. The van der Waals surface area contributed by atoms with Gasteiger partial charge in [0.1, 0.15) is 11.4 Å². The number of nitrogens with two attached hydrogens (primary N) is 1. The molecular weight excluding hydrogens is 296 g/mol. The van der Waals surface area contributed by atoms with Crippen LogP contribution in [0.1, 0.15) is 56.3 Å². The van der Waals surface area contributed by atoms with Gasteiger partial charge in [-0.05, 0) is 26.3 Å². The maximum absolute atomic E-state index is 12.6. The lowest BCUT2D eigenvalue weighted by Gasteiger charge is -2.33. The van der Waals surface area contributed by atoms with Crippen molar-refractivity contribution in [2.24, 2.45) is 0 Å². The monoisotopic (exact) mass is 322 g/mol. The van der Waals surface area contributed by atoms with Crippen LogP contribution in [0.2, 0.25) is 0 Å². The number of hydrogen-bond acceptors (Lipinski definition) is 5. The van der Waals surface area contributed by atoms with E-state index in [0.29, 0.717) is 12.6 Å². The SMILES string of the molecule is CCN(CC(=O)c1c(N)n(CC)c(=O)[nH]c1=O)C1CCCCC1. The second kappa shape index (κ2) is 7.59. The Hall–Kier alpha value is -1.89. The number of likely N-dealkylation sites (N-methyl/N-ethyl adjacent to an activating group) is 1. The molecule has 0 aliphatic heterocycles. The number of nitrogens with zero attached hydrogens (tertiary/aromatic N) is 2. The van der Waals surface area contributed by atoms with Crippen LogP contribution in [-0.2, 0) is 6.54 Å². The van der Waals surface area contributed by atoms with Crippen LogP contribution in [-0.4, -0.2) is 39.4 Å². The van der Waals surface area contributed by atoms with Gasteiger partial charge in [0, 0.05) is 12.6 Å². The molecule has 1 aromatic rings. The molecule has 1 aliphatic carbocycles. The van der Waals surface area contributed by atoms with E-state index in [4.69, 9.17) is 5.73 Å². The van der Waals surface area contributed by atoms with Gasteiger partial charge in [-0.15, -0.1) is 0 Å². The summed E-state index contributed by atoms with van der Waals surface area (Å²) in [5, 5.41) is 0. The Morgan fingerprint density at radius 3 is 2.48 bits per heavy atom. The summed E-state index contributed by atoms with van der Waals surface area (Å²) in [7, 11) is 0. The fourth-order valence-electron chi connectivity index (χ4n) is 3.38. The van der Waals surface area contributed by atoms with Gasteiger partial charge in [-0.3, -0.25) is 24.0 Å². The molecule has 1 fully saturated rings. The standard InChI is InChI=1S/C16H26N4O3/c1-3-19(11-8-6-5-7-9-11)10-12(21)13-14(17)20(4-2)16(23)18-15(13)22/h11H,3-10,17H2,1-2H3,(H,18,22,23). The van der Waals surface area contributed by atoms with Gasteiger partial charge in [-0.25, -0.2) is 4.79 Å². The number of carbonyl (C=O) groups is 1. The molecule has 2 rings (SSSR count). The molecule has 0 atom stereocenters. The molecule has 1 saturated carbocycles. The second-order valence-corrected chi connectivity index (χ2v) is 6.04. The Labute approximate surface area is 135 Å². The lowest BCUT2D eigenvalue weighted by Crippen LogP contribution is -2.43. The second-order valence-electron chi connectivity index (χ2n) is 6.04. The molecule has 3 N–H and O–H groups in total. The van der Waals surface area contributed by atoms with Crippen molar-refractivity contribution in [2.75, 3.05) is 18.8 Å². The summed E-state index contributed by atoms with van der Waals surface area (Å²) in [6.07, 6.45) is 5.77. The molecule has 0 saturated heterocycles. The Morgan fingerprint density at radius 2 is 1.91 bits per heavy atom. The van der Waals surface area contributed by atoms with Crippen molar-refractivity contribution in [1.29, 1.82) is 0 Å². The largest absolute Gasteiger partial charge is 0.384 e. The first kappa shape index (κ1) is 17.5. The van der Waals surface area contributed by atoms with Crippen molar-refractivity contribution in [3.8, 4) is 0 Å². The van der Waals surface area contributed by atoms with Crippen molar-refractivity contribution in [3.05, 3.63) is 26.4 Å². The maximum Gasteiger partial charge on any atom is 0.329 e. The molecule has 1 heterocycles. The number of hydrogen-bond donors (Lipinski definition) is 2. The number of rotatable bonds is 6. The van der Waals surface area contributed by atoms with Gasteiger partial charge in [0.05, 0.1) is 6.54 Å². The highest BCUT2D eigenvalue weighted by atomic mass is 16.2. The highest BCUT2D eigenvalue weighted by Gasteiger charge is 2.25. The molecule has 0 bridgehead atoms. The molecular formula is C16H26N4O3. The zero-order chi connectivity index (χ0) is 17.0. The van der Waals surface area contributed by atoms with Crippen molar-refractivity contribution in [3.63, 3.8) is 0 Å². The van der Waals surface area contributed by atoms with Gasteiger partial charge in [-0.2, -0.15) is 0 Å². The van der Waals surface area contributed by atoms with Crippen LogP contribution in [0, 0.1) is 0 Å². The number of carbonyl (C=O) groups excluding carboxylic acids is 1. The van der Waals surface area contributed by atoms with Crippen molar-refractivity contribution >= 4 is 11.6 Å². The number of anilines is 1. The molecule has 0 unspecified atom stereocenters. The number of H-pyrrole nitrogens is 1. The third-order valence-electron chi connectivity index (χ3n) is 4.68. The molecule has 0 amide bonds. The van der Waals surface area contributed by atoms with Gasteiger partial charge >= 0.3 is 5.69 Å². The first-order valence-corrected chi connectivity index (χ1v) is 8.39. The van der Waals surface area contributed by atoms with Crippen LogP contribution < -0.4 is 17.0 Å². The van der Waals surface area contributed by atoms with E-state index in [9.17, 15) is 14.4 Å². The fraction of sp³-hybridized carbons (Fsp3) is 0.688. The van der Waals surface area contributed by atoms with Gasteiger partial charge in [-0.1, -0.05) is 26.2 Å². The Bertz CT molecular complexity index is 671. The maximum atomic E-state index is 12.6. The zero-order valence-electron chi connectivity index (χ0n) is 13.9.